The molecule has 4 aliphatic carbocycles. The molecule has 0 aromatic rings. The fourth-order valence-electron chi connectivity index (χ4n) is 7.22. The minimum absolute atomic E-state index is 0.0318. The molecule has 0 amide bonds. The summed E-state index contributed by atoms with van der Waals surface area (Å²) < 4.78 is 29.7. The average Bonchev–Trinajstić information content (AvgIpc) is 2.87. The molecule has 0 aliphatic heterocycles. The maximum absolute atomic E-state index is 16.9. The van der Waals surface area contributed by atoms with E-state index in [4.69, 9.17) is 0 Å². The molecular formula is C22H28F2O3S. The zero-order valence-electron chi connectivity index (χ0n) is 16.6. The van der Waals surface area contributed by atoms with Crippen LogP contribution < -0.4 is 0 Å². The van der Waals surface area contributed by atoms with Crippen LogP contribution in [0.1, 0.15) is 46.5 Å². The molecule has 0 saturated heterocycles. The van der Waals surface area contributed by atoms with Gasteiger partial charge in [-0.15, -0.1) is 0 Å². The van der Waals surface area contributed by atoms with Gasteiger partial charge in [-0.05, 0) is 62.0 Å². The lowest BCUT2D eigenvalue weighted by Crippen LogP contribution is -2.66. The van der Waals surface area contributed by atoms with E-state index in [1.807, 2.05) is 13.8 Å². The molecular weight excluding hydrogens is 382 g/mol. The van der Waals surface area contributed by atoms with Gasteiger partial charge in [-0.3, -0.25) is 9.59 Å². The van der Waals surface area contributed by atoms with Crippen molar-refractivity contribution in [2.45, 2.75) is 58.2 Å². The van der Waals surface area contributed by atoms with Gasteiger partial charge in [-0.2, -0.15) is 0 Å². The van der Waals surface area contributed by atoms with Crippen molar-refractivity contribution < 1.29 is 23.5 Å². The van der Waals surface area contributed by atoms with Crippen LogP contribution in [0.15, 0.2) is 23.8 Å². The Bertz CT molecular complexity index is 780. The minimum atomic E-state index is -1.87. The molecule has 3 fully saturated rings. The van der Waals surface area contributed by atoms with E-state index in [0.29, 0.717) is 31.0 Å². The minimum Gasteiger partial charge on any atom is -0.390 e. The number of carbonyl (C=O) groups excluding carboxylic acids is 2. The Morgan fingerprint density at radius 2 is 2.07 bits per heavy atom. The van der Waals surface area contributed by atoms with Crippen LogP contribution in [0.25, 0.3) is 0 Å². The number of hydrogen-bond acceptors (Lipinski definition) is 4. The highest BCUT2D eigenvalue weighted by Gasteiger charge is 2.71. The van der Waals surface area contributed by atoms with Crippen LogP contribution in [-0.2, 0) is 9.59 Å². The molecule has 6 heteroatoms. The Labute approximate surface area is 169 Å². The largest absolute Gasteiger partial charge is 0.390 e. The second-order valence-corrected chi connectivity index (χ2v) is 10.5. The summed E-state index contributed by atoms with van der Waals surface area (Å²) in [5.74, 6) is -0.908. The Balaban J connectivity index is 1.77. The first-order valence-electron chi connectivity index (χ1n) is 10.1. The van der Waals surface area contributed by atoms with Gasteiger partial charge < -0.3 is 5.11 Å². The third-order valence-electron chi connectivity index (χ3n) is 8.43. The van der Waals surface area contributed by atoms with E-state index in [-0.39, 0.29) is 35.1 Å². The van der Waals surface area contributed by atoms with E-state index < -0.39 is 34.5 Å². The predicted octanol–water partition coefficient (Wildman–Crippen LogP) is 4.41. The Kier molecular flexibility index (Phi) is 4.70. The van der Waals surface area contributed by atoms with Gasteiger partial charge in [-0.1, -0.05) is 37.3 Å². The van der Waals surface area contributed by atoms with E-state index in [1.54, 1.807) is 13.0 Å². The number of fused-ring (bicyclic) bond motifs is 5. The summed E-state index contributed by atoms with van der Waals surface area (Å²) in [5, 5.41) is 11.0. The van der Waals surface area contributed by atoms with Crippen LogP contribution in [0.2, 0.25) is 0 Å². The molecule has 0 spiro atoms. The Hall–Kier alpha value is -1.01. The van der Waals surface area contributed by atoms with Crippen molar-refractivity contribution in [2.75, 3.05) is 6.01 Å². The summed E-state index contributed by atoms with van der Waals surface area (Å²) in [6.45, 7) is 5.77. The van der Waals surface area contributed by atoms with Crippen LogP contribution >= 0.6 is 11.8 Å². The number of carbonyl (C=O) groups is 2. The number of thioether (sulfide) groups is 1. The van der Waals surface area contributed by atoms with Crippen molar-refractivity contribution in [3.05, 3.63) is 23.8 Å². The second kappa shape index (κ2) is 6.49. The molecule has 3 saturated carbocycles. The number of aliphatic hydroxyl groups excluding tert-OH is 1. The smallest absolute Gasteiger partial charge is 0.195 e. The van der Waals surface area contributed by atoms with Gasteiger partial charge in [0.05, 0.1) is 6.10 Å². The second-order valence-electron chi connectivity index (χ2n) is 9.62. The molecule has 28 heavy (non-hydrogen) atoms. The van der Waals surface area contributed by atoms with Gasteiger partial charge >= 0.3 is 0 Å². The van der Waals surface area contributed by atoms with Crippen molar-refractivity contribution in [3.63, 3.8) is 0 Å². The van der Waals surface area contributed by atoms with E-state index in [0.717, 1.165) is 5.57 Å². The molecule has 0 aromatic carbocycles. The lowest BCUT2D eigenvalue weighted by Gasteiger charge is -2.61. The number of ketones is 1. The van der Waals surface area contributed by atoms with Crippen molar-refractivity contribution in [2.24, 2.45) is 34.5 Å². The fraction of sp³-hybridized carbons (Fsp3) is 0.727. The zero-order valence-corrected chi connectivity index (χ0v) is 17.4. The van der Waals surface area contributed by atoms with Gasteiger partial charge in [0.1, 0.15) is 6.01 Å². The normalized spacial score (nSPS) is 49.9. The van der Waals surface area contributed by atoms with Gasteiger partial charge in [-0.25, -0.2) is 8.78 Å². The maximum atomic E-state index is 16.9. The lowest BCUT2D eigenvalue weighted by molar-refractivity contribution is -0.194. The monoisotopic (exact) mass is 410 g/mol. The highest BCUT2D eigenvalue weighted by molar-refractivity contribution is 8.13. The third kappa shape index (κ3) is 2.43. The van der Waals surface area contributed by atoms with Crippen molar-refractivity contribution in [3.8, 4) is 0 Å². The maximum Gasteiger partial charge on any atom is 0.195 e. The van der Waals surface area contributed by atoms with E-state index in [1.165, 1.54) is 12.2 Å². The molecule has 0 aromatic heterocycles. The standard InChI is InChI=1S/C22H28F2O3S/c1-12-8-16-15-5-4-13-9-14(25)6-7-21(13,3)22(15,24)17(26)10-20(16,2)18(12)19(27)28-11-23/h6-7,9,12,15-18,26H,4-5,8,10-11H2,1-3H3/t12-,15+,16+,17+,18?,20+,21+,22+/m1/s1. The number of aliphatic hydroxyl groups is 1. The molecule has 3 nitrogen and oxygen atoms in total. The van der Waals surface area contributed by atoms with Crippen LogP contribution in [0, 0.1) is 34.5 Å². The van der Waals surface area contributed by atoms with Gasteiger partial charge in [0.25, 0.3) is 0 Å². The molecule has 0 radical (unpaired) electrons. The molecule has 0 bridgehead atoms. The summed E-state index contributed by atoms with van der Waals surface area (Å²) >= 11 is 0.695. The first-order valence-corrected chi connectivity index (χ1v) is 11.1. The summed E-state index contributed by atoms with van der Waals surface area (Å²) in [4.78, 5) is 24.5. The number of hydrogen-bond donors (Lipinski definition) is 1. The SMILES string of the molecule is C[C@@H]1C[C@H]2[C@@H]3CCC4=CC(=O)C=C[C@]4(C)[C@@]3(F)[C@@H](O)C[C@]2(C)C1C(=O)SCF. The number of allylic oxidation sites excluding steroid dienone is 4. The summed E-state index contributed by atoms with van der Waals surface area (Å²) in [5.41, 5.74) is -2.66. The average molecular weight is 411 g/mol. The van der Waals surface area contributed by atoms with Crippen molar-refractivity contribution in [1.82, 2.24) is 0 Å². The molecule has 8 atom stereocenters. The topological polar surface area (TPSA) is 54.4 Å². The lowest BCUT2D eigenvalue weighted by atomic mass is 9.45. The summed E-state index contributed by atoms with van der Waals surface area (Å²) in [6, 6.07) is -0.757. The van der Waals surface area contributed by atoms with Gasteiger partial charge in [0.2, 0.25) is 0 Å². The highest BCUT2D eigenvalue weighted by atomic mass is 32.2. The number of alkyl halides is 2. The van der Waals surface area contributed by atoms with Crippen LogP contribution in [-0.4, -0.2) is 33.8 Å². The zero-order chi connectivity index (χ0) is 20.5. The number of halogens is 2. The predicted molar refractivity (Wildman–Crippen MR) is 105 cm³/mol. The molecule has 0 heterocycles. The Morgan fingerprint density at radius 1 is 1.36 bits per heavy atom. The van der Waals surface area contributed by atoms with E-state index in [2.05, 4.69) is 0 Å². The molecule has 1 N–H and O–H groups in total. The summed E-state index contributed by atoms with van der Waals surface area (Å²) in [6.07, 6.45) is 5.41. The molecule has 154 valence electrons. The van der Waals surface area contributed by atoms with Crippen LogP contribution in [0.3, 0.4) is 0 Å². The highest BCUT2D eigenvalue weighted by Crippen LogP contribution is 2.70. The van der Waals surface area contributed by atoms with Gasteiger partial charge in [0.15, 0.2) is 16.6 Å². The Morgan fingerprint density at radius 3 is 2.75 bits per heavy atom. The van der Waals surface area contributed by atoms with E-state index in [9.17, 15) is 19.1 Å². The first-order chi connectivity index (χ1) is 13.1. The quantitative estimate of drug-likeness (QED) is 0.733. The van der Waals surface area contributed by atoms with Crippen LogP contribution in [0.5, 0.6) is 0 Å². The van der Waals surface area contributed by atoms with Crippen LogP contribution in [0.4, 0.5) is 8.78 Å². The van der Waals surface area contributed by atoms with Crippen molar-refractivity contribution >= 4 is 22.7 Å². The molecule has 4 aliphatic rings. The molecule has 4 rings (SSSR count). The fourth-order valence-corrected chi connectivity index (χ4v) is 8.01. The first kappa shape index (κ1) is 20.3. The third-order valence-corrected chi connectivity index (χ3v) is 9.08. The number of rotatable bonds is 2. The van der Waals surface area contributed by atoms with Gasteiger partial charge in [0, 0.05) is 17.3 Å². The van der Waals surface area contributed by atoms with Crippen molar-refractivity contribution in [1.29, 1.82) is 0 Å². The molecule has 1 unspecified atom stereocenters. The summed E-state index contributed by atoms with van der Waals surface area (Å²) in [7, 11) is 0. The van der Waals surface area contributed by atoms with E-state index >= 15 is 4.39 Å².